The molecule has 0 saturated heterocycles. The molecular formula is C51H84O12. The van der Waals surface area contributed by atoms with Crippen molar-refractivity contribution in [1.29, 1.82) is 0 Å². The normalized spacial score (nSPS) is 13.5. The average molecular weight is 889 g/mol. The molecule has 6 atom stereocenters. The van der Waals surface area contributed by atoms with E-state index in [1.807, 2.05) is 41.5 Å². The fraction of sp³-hybridized carbons (Fsp3) is 0.765. The van der Waals surface area contributed by atoms with Crippen LogP contribution in [0.4, 0.5) is 0 Å². The van der Waals surface area contributed by atoms with Crippen molar-refractivity contribution in [2.75, 3.05) is 0 Å². The SMILES string of the molecule is CCC(C)C(=O)CC(C)C(=O)CCC(C)C(=O)CC(C)C(C)=O.CCC(C)C(=O)CC(C)C(C)=O.CCCC(=O)CCC(=O)CCCC(=O)CCC(=O)CCCC(=O)CCC(C)=O. The Kier molecular flexibility index (Phi) is 37.6. The molecule has 0 bridgehead atoms. The highest BCUT2D eigenvalue weighted by molar-refractivity contribution is 5.91. The maximum Gasteiger partial charge on any atom is 0.136 e. The lowest BCUT2D eigenvalue weighted by Crippen LogP contribution is -2.22. The van der Waals surface area contributed by atoms with E-state index in [0.29, 0.717) is 44.9 Å². The lowest BCUT2D eigenvalue weighted by molar-refractivity contribution is -0.130. The number of carbonyl (C=O) groups is 12. The van der Waals surface area contributed by atoms with Crippen LogP contribution >= 0.6 is 0 Å². The largest absolute Gasteiger partial charge is 0.300 e. The molecule has 0 amide bonds. The van der Waals surface area contributed by atoms with Gasteiger partial charge in [0.15, 0.2) is 0 Å². The highest BCUT2D eigenvalue weighted by Crippen LogP contribution is 2.19. The van der Waals surface area contributed by atoms with Crippen molar-refractivity contribution in [2.24, 2.45) is 35.5 Å². The third-order valence-corrected chi connectivity index (χ3v) is 11.6. The Balaban J connectivity index is -0.000000922. The van der Waals surface area contributed by atoms with Crippen LogP contribution in [0.25, 0.3) is 0 Å². The van der Waals surface area contributed by atoms with Crippen LogP contribution in [0.15, 0.2) is 0 Å². The van der Waals surface area contributed by atoms with Crippen LogP contribution in [0.1, 0.15) is 218 Å². The van der Waals surface area contributed by atoms with E-state index in [1.165, 1.54) is 20.8 Å². The van der Waals surface area contributed by atoms with Gasteiger partial charge in [-0.15, -0.1) is 0 Å². The fourth-order valence-corrected chi connectivity index (χ4v) is 5.87. The first-order valence-corrected chi connectivity index (χ1v) is 23.5. The van der Waals surface area contributed by atoms with Crippen molar-refractivity contribution in [1.82, 2.24) is 0 Å². The van der Waals surface area contributed by atoms with Gasteiger partial charge in [0.2, 0.25) is 0 Å². The van der Waals surface area contributed by atoms with Crippen LogP contribution in [-0.4, -0.2) is 69.4 Å². The average Bonchev–Trinajstić information content (AvgIpc) is 3.22. The Morgan fingerprint density at radius 3 is 0.921 bits per heavy atom. The summed E-state index contributed by atoms with van der Waals surface area (Å²) < 4.78 is 0. The van der Waals surface area contributed by atoms with Crippen molar-refractivity contribution in [2.45, 2.75) is 218 Å². The van der Waals surface area contributed by atoms with E-state index in [-0.39, 0.29) is 176 Å². The van der Waals surface area contributed by atoms with Crippen molar-refractivity contribution < 1.29 is 57.5 Å². The minimum atomic E-state index is -0.282. The predicted molar refractivity (Wildman–Crippen MR) is 246 cm³/mol. The van der Waals surface area contributed by atoms with Gasteiger partial charge in [-0.3, -0.25) is 52.7 Å². The topological polar surface area (TPSA) is 205 Å². The molecule has 0 radical (unpaired) electrons. The summed E-state index contributed by atoms with van der Waals surface area (Å²) in [6.45, 7) is 21.3. The smallest absolute Gasteiger partial charge is 0.136 e. The van der Waals surface area contributed by atoms with Crippen molar-refractivity contribution in [3.05, 3.63) is 0 Å². The van der Waals surface area contributed by atoms with Crippen LogP contribution in [0.2, 0.25) is 0 Å². The number of ketones is 12. The zero-order valence-electron chi connectivity index (χ0n) is 41.2. The van der Waals surface area contributed by atoms with Gasteiger partial charge in [-0.2, -0.15) is 0 Å². The highest BCUT2D eigenvalue weighted by Gasteiger charge is 2.23. The van der Waals surface area contributed by atoms with Crippen LogP contribution in [0, 0.1) is 35.5 Å². The lowest BCUT2D eigenvalue weighted by atomic mass is 9.87. The molecule has 360 valence electrons. The van der Waals surface area contributed by atoms with Gasteiger partial charge in [0.1, 0.15) is 69.4 Å². The van der Waals surface area contributed by atoms with Gasteiger partial charge >= 0.3 is 0 Å². The Morgan fingerprint density at radius 1 is 0.317 bits per heavy atom. The summed E-state index contributed by atoms with van der Waals surface area (Å²) in [6, 6.07) is 0. The van der Waals surface area contributed by atoms with Gasteiger partial charge in [0.25, 0.3) is 0 Å². The monoisotopic (exact) mass is 889 g/mol. The van der Waals surface area contributed by atoms with E-state index in [2.05, 4.69) is 0 Å². The molecule has 0 aliphatic heterocycles. The van der Waals surface area contributed by atoms with E-state index in [9.17, 15) is 57.5 Å². The summed E-state index contributed by atoms with van der Waals surface area (Å²) in [5.74, 6) is -0.247. The number of rotatable bonds is 36. The summed E-state index contributed by atoms with van der Waals surface area (Å²) in [5, 5.41) is 0. The molecule has 0 aromatic heterocycles. The zero-order chi connectivity index (χ0) is 49.2. The predicted octanol–water partition coefficient (Wildman–Crippen LogP) is 9.92. The molecule has 0 aliphatic rings. The second-order valence-corrected chi connectivity index (χ2v) is 17.8. The highest BCUT2D eigenvalue weighted by atomic mass is 16.2. The van der Waals surface area contributed by atoms with E-state index >= 15 is 0 Å². The minimum Gasteiger partial charge on any atom is -0.300 e. The molecule has 0 aliphatic carbocycles. The molecule has 0 saturated carbocycles. The van der Waals surface area contributed by atoms with Crippen molar-refractivity contribution in [3.8, 4) is 0 Å². The quantitative estimate of drug-likeness (QED) is 0.0576. The maximum atomic E-state index is 12.1. The van der Waals surface area contributed by atoms with Crippen LogP contribution in [-0.2, 0) is 57.5 Å². The third-order valence-electron chi connectivity index (χ3n) is 11.6. The van der Waals surface area contributed by atoms with Gasteiger partial charge < -0.3 is 4.79 Å². The summed E-state index contributed by atoms with van der Waals surface area (Å²) in [4.78, 5) is 138. The zero-order valence-corrected chi connectivity index (χ0v) is 41.2. The van der Waals surface area contributed by atoms with Gasteiger partial charge in [0.05, 0.1) is 0 Å². The molecule has 0 fully saturated rings. The van der Waals surface area contributed by atoms with Crippen molar-refractivity contribution >= 4 is 69.4 Å². The van der Waals surface area contributed by atoms with E-state index in [1.54, 1.807) is 20.8 Å². The molecule has 0 spiro atoms. The van der Waals surface area contributed by atoms with Gasteiger partial charge in [-0.1, -0.05) is 62.3 Å². The van der Waals surface area contributed by atoms with Gasteiger partial charge in [-0.25, -0.2) is 0 Å². The number of hydrogen-bond acceptors (Lipinski definition) is 12. The summed E-state index contributed by atoms with van der Waals surface area (Å²) in [7, 11) is 0. The molecule has 0 aromatic carbocycles. The van der Waals surface area contributed by atoms with E-state index < -0.39 is 0 Å². The first-order valence-electron chi connectivity index (χ1n) is 23.5. The second-order valence-electron chi connectivity index (χ2n) is 17.8. The summed E-state index contributed by atoms with van der Waals surface area (Å²) >= 11 is 0. The molecule has 0 rings (SSSR count). The molecule has 63 heavy (non-hydrogen) atoms. The third kappa shape index (κ3) is 36.1. The van der Waals surface area contributed by atoms with E-state index in [4.69, 9.17) is 0 Å². The Hall–Kier alpha value is -3.96. The summed E-state index contributed by atoms with van der Waals surface area (Å²) in [5.41, 5.74) is 0. The molecular weight excluding hydrogens is 805 g/mol. The van der Waals surface area contributed by atoms with Crippen LogP contribution in [0.3, 0.4) is 0 Å². The maximum absolute atomic E-state index is 12.1. The van der Waals surface area contributed by atoms with Crippen LogP contribution < -0.4 is 0 Å². The van der Waals surface area contributed by atoms with E-state index in [0.717, 1.165) is 19.3 Å². The summed E-state index contributed by atoms with van der Waals surface area (Å²) in [6.07, 6.45) is 8.07. The number of carbonyl (C=O) groups excluding carboxylic acids is 12. The first-order chi connectivity index (χ1) is 29.3. The first kappa shape index (κ1) is 63.3. The lowest BCUT2D eigenvalue weighted by Gasteiger charge is -2.15. The minimum absolute atomic E-state index is 0.00109. The Labute approximate surface area is 379 Å². The molecule has 0 aromatic rings. The molecule has 6 unspecified atom stereocenters. The molecule has 12 heteroatoms. The van der Waals surface area contributed by atoms with Crippen molar-refractivity contribution in [3.63, 3.8) is 0 Å². The fourth-order valence-electron chi connectivity index (χ4n) is 5.87. The molecule has 0 N–H and O–H groups in total. The number of Topliss-reactive ketones (excluding diaryl/α,β-unsaturated/α-hetero) is 12. The standard InChI is InChI=1S/C22H34O6.C19H32O4.C10H18O2/c1-3-6-18(24)13-14-20(26)9-5-10-22(28)16-15-21(27)8-4-7-19(25)12-11-17(2)23;1-7-12(2)18(22)11-15(5)17(21)9-8-13(3)19(23)10-14(4)16(6)20;1-5-7(2)10(12)6-8(3)9(4)11/h3-16H2,1-2H3;12-15H,7-11H2,1-6H3;7-8H,5-6H2,1-4H3. The van der Waals surface area contributed by atoms with Crippen LogP contribution in [0.5, 0.6) is 0 Å². The Bertz CT molecular complexity index is 1500. The van der Waals surface area contributed by atoms with Gasteiger partial charge in [-0.05, 0) is 59.3 Å². The van der Waals surface area contributed by atoms with Gasteiger partial charge in [0, 0.05) is 132 Å². The second kappa shape index (κ2) is 37.4. The number of hydrogen-bond donors (Lipinski definition) is 0. The Morgan fingerprint density at radius 2 is 0.619 bits per heavy atom. The molecule has 12 nitrogen and oxygen atoms in total. The molecule has 0 heterocycles.